The molecule has 1 atom stereocenters. The van der Waals surface area contributed by atoms with Crippen molar-refractivity contribution in [3.05, 3.63) is 18.0 Å². The Balaban J connectivity index is 2.00. The molecule has 5 nitrogen and oxygen atoms in total. The van der Waals surface area contributed by atoms with Gasteiger partial charge in [0.2, 0.25) is 5.91 Å². The number of amides is 1. The maximum Gasteiger partial charge on any atom is 0.244 e. The highest BCUT2D eigenvalue weighted by Crippen LogP contribution is 2.34. The van der Waals surface area contributed by atoms with Crippen LogP contribution >= 0.6 is 0 Å². The highest BCUT2D eigenvalue weighted by atomic mass is 16.2. The molecule has 5 heteroatoms. The first-order valence-electron chi connectivity index (χ1n) is 7.77. The van der Waals surface area contributed by atoms with Gasteiger partial charge in [0.1, 0.15) is 6.04 Å². The van der Waals surface area contributed by atoms with Gasteiger partial charge < -0.3 is 10.2 Å². The first-order chi connectivity index (χ1) is 9.82. The second-order valence-electron chi connectivity index (χ2n) is 7.13. The van der Waals surface area contributed by atoms with E-state index in [1.807, 2.05) is 25.2 Å². The fourth-order valence-corrected chi connectivity index (χ4v) is 3.17. The van der Waals surface area contributed by atoms with E-state index in [1.165, 1.54) is 0 Å². The number of hydrogen-bond donors (Lipinski definition) is 1. The third-order valence-corrected chi connectivity index (χ3v) is 4.63. The predicted molar refractivity (Wildman–Crippen MR) is 83.8 cm³/mol. The Morgan fingerprint density at radius 3 is 2.43 bits per heavy atom. The third kappa shape index (κ3) is 3.64. The minimum atomic E-state index is -0.287. The summed E-state index contributed by atoms with van der Waals surface area (Å²) in [6.07, 6.45) is 5.86. The van der Waals surface area contributed by atoms with E-state index in [4.69, 9.17) is 0 Å². The predicted octanol–water partition coefficient (Wildman–Crippen LogP) is 1.97. The first-order valence-corrected chi connectivity index (χ1v) is 7.77. The molecule has 1 aromatic heterocycles. The second kappa shape index (κ2) is 6.18. The molecule has 118 valence electrons. The van der Waals surface area contributed by atoms with E-state index in [0.717, 1.165) is 31.5 Å². The Bertz CT molecular complexity index is 481. The lowest BCUT2D eigenvalue weighted by molar-refractivity contribution is -0.135. The van der Waals surface area contributed by atoms with Gasteiger partial charge in [0.25, 0.3) is 0 Å². The number of nitrogens with one attached hydrogen (secondary N) is 1. The SMILES string of the molecule is CNC(C(=O)N1CCC(C(C)(C)C)CC1)c1cnn(C)c1. The van der Waals surface area contributed by atoms with E-state index in [2.05, 4.69) is 31.2 Å². The van der Waals surface area contributed by atoms with Crippen LogP contribution in [0.4, 0.5) is 0 Å². The molecule has 1 N–H and O–H groups in total. The number of rotatable bonds is 3. The zero-order valence-corrected chi connectivity index (χ0v) is 13.9. The molecule has 1 aromatic rings. The van der Waals surface area contributed by atoms with Gasteiger partial charge in [-0.25, -0.2) is 0 Å². The molecule has 0 spiro atoms. The molecular formula is C16H28N4O. The Kier molecular flexibility index (Phi) is 4.71. The number of likely N-dealkylation sites (N-methyl/N-ethyl adjacent to an activating group) is 1. The van der Waals surface area contributed by atoms with Crippen LogP contribution in [0.2, 0.25) is 0 Å². The van der Waals surface area contributed by atoms with Crippen molar-refractivity contribution in [2.75, 3.05) is 20.1 Å². The monoisotopic (exact) mass is 292 g/mol. The molecule has 0 radical (unpaired) electrons. The Hall–Kier alpha value is -1.36. The van der Waals surface area contributed by atoms with Crippen LogP contribution in [0.1, 0.15) is 45.2 Å². The number of likely N-dealkylation sites (tertiary alicyclic amines) is 1. The summed E-state index contributed by atoms with van der Waals surface area (Å²) >= 11 is 0. The van der Waals surface area contributed by atoms with Gasteiger partial charge in [-0.2, -0.15) is 5.10 Å². The Morgan fingerprint density at radius 2 is 2.00 bits per heavy atom. The molecule has 1 amide bonds. The molecule has 0 bridgehead atoms. The van der Waals surface area contributed by atoms with Gasteiger partial charge in [-0.05, 0) is 31.2 Å². The molecule has 1 unspecified atom stereocenters. The van der Waals surface area contributed by atoms with E-state index >= 15 is 0 Å². The molecular weight excluding hydrogens is 264 g/mol. The lowest BCUT2D eigenvalue weighted by Gasteiger charge is -2.39. The lowest BCUT2D eigenvalue weighted by Crippen LogP contribution is -2.45. The van der Waals surface area contributed by atoms with Gasteiger partial charge >= 0.3 is 0 Å². The van der Waals surface area contributed by atoms with Crippen LogP contribution in [-0.2, 0) is 11.8 Å². The van der Waals surface area contributed by atoms with Crippen molar-refractivity contribution in [3.8, 4) is 0 Å². The number of carbonyl (C=O) groups is 1. The van der Waals surface area contributed by atoms with Gasteiger partial charge in [-0.15, -0.1) is 0 Å². The van der Waals surface area contributed by atoms with Crippen molar-refractivity contribution >= 4 is 5.91 Å². The fraction of sp³-hybridized carbons (Fsp3) is 0.750. The van der Waals surface area contributed by atoms with E-state index in [1.54, 1.807) is 10.9 Å². The zero-order chi connectivity index (χ0) is 15.6. The quantitative estimate of drug-likeness (QED) is 0.926. The molecule has 1 fully saturated rings. The third-order valence-electron chi connectivity index (χ3n) is 4.63. The van der Waals surface area contributed by atoms with Gasteiger partial charge in [0.05, 0.1) is 6.20 Å². The molecule has 0 saturated carbocycles. The van der Waals surface area contributed by atoms with E-state index in [9.17, 15) is 4.79 Å². The molecule has 0 aromatic carbocycles. The van der Waals surface area contributed by atoms with Crippen LogP contribution in [0, 0.1) is 11.3 Å². The van der Waals surface area contributed by atoms with E-state index < -0.39 is 0 Å². The van der Waals surface area contributed by atoms with Crippen molar-refractivity contribution < 1.29 is 4.79 Å². The molecule has 1 aliphatic rings. The van der Waals surface area contributed by atoms with E-state index in [-0.39, 0.29) is 11.9 Å². The molecule has 0 aliphatic carbocycles. The zero-order valence-electron chi connectivity index (χ0n) is 13.9. The molecule has 1 aliphatic heterocycles. The lowest BCUT2D eigenvalue weighted by atomic mass is 9.75. The van der Waals surface area contributed by atoms with Crippen molar-refractivity contribution in [2.45, 2.75) is 39.7 Å². The van der Waals surface area contributed by atoms with Crippen molar-refractivity contribution in [1.82, 2.24) is 20.0 Å². The largest absolute Gasteiger partial charge is 0.341 e. The van der Waals surface area contributed by atoms with E-state index in [0.29, 0.717) is 11.3 Å². The average molecular weight is 292 g/mol. The fourth-order valence-electron chi connectivity index (χ4n) is 3.17. The first kappa shape index (κ1) is 16.0. The highest BCUT2D eigenvalue weighted by molar-refractivity contribution is 5.83. The summed E-state index contributed by atoms with van der Waals surface area (Å²) in [5.74, 6) is 0.867. The average Bonchev–Trinajstić information content (AvgIpc) is 2.85. The number of piperidine rings is 1. The van der Waals surface area contributed by atoms with Crippen LogP contribution in [0.5, 0.6) is 0 Å². The van der Waals surface area contributed by atoms with Gasteiger partial charge in [0, 0.05) is 31.9 Å². The minimum absolute atomic E-state index is 0.165. The number of nitrogens with zero attached hydrogens (tertiary/aromatic N) is 3. The topological polar surface area (TPSA) is 50.2 Å². The number of hydrogen-bond acceptors (Lipinski definition) is 3. The van der Waals surface area contributed by atoms with Crippen LogP contribution in [-0.4, -0.2) is 40.7 Å². The van der Waals surface area contributed by atoms with Gasteiger partial charge in [-0.1, -0.05) is 20.8 Å². The van der Waals surface area contributed by atoms with Crippen LogP contribution < -0.4 is 5.32 Å². The summed E-state index contributed by atoms with van der Waals surface area (Å²) in [6.45, 7) is 8.60. The second-order valence-corrected chi connectivity index (χ2v) is 7.13. The summed E-state index contributed by atoms with van der Waals surface area (Å²) in [6, 6.07) is -0.287. The molecule has 21 heavy (non-hydrogen) atoms. The summed E-state index contributed by atoms with van der Waals surface area (Å²) in [4.78, 5) is 14.7. The van der Waals surface area contributed by atoms with Crippen LogP contribution in [0.3, 0.4) is 0 Å². The Morgan fingerprint density at radius 1 is 1.38 bits per heavy atom. The van der Waals surface area contributed by atoms with Crippen molar-refractivity contribution in [3.63, 3.8) is 0 Å². The van der Waals surface area contributed by atoms with Crippen molar-refractivity contribution in [1.29, 1.82) is 0 Å². The van der Waals surface area contributed by atoms with Crippen molar-refractivity contribution in [2.24, 2.45) is 18.4 Å². The molecule has 1 saturated heterocycles. The van der Waals surface area contributed by atoms with Gasteiger partial charge in [0.15, 0.2) is 0 Å². The van der Waals surface area contributed by atoms with Crippen LogP contribution in [0.25, 0.3) is 0 Å². The molecule has 2 rings (SSSR count). The maximum atomic E-state index is 12.7. The standard InChI is InChI=1S/C16H28N4O/c1-16(2,3)13-6-8-20(9-7-13)15(21)14(17-4)12-10-18-19(5)11-12/h10-11,13-14,17H,6-9H2,1-5H3. The van der Waals surface area contributed by atoms with Crippen LogP contribution in [0.15, 0.2) is 12.4 Å². The number of carbonyl (C=O) groups excluding carboxylic acids is 1. The normalized spacial score (nSPS) is 18.8. The summed E-state index contributed by atoms with van der Waals surface area (Å²) in [5.41, 5.74) is 1.27. The number of aryl methyl sites for hydroxylation is 1. The number of aromatic nitrogens is 2. The molecule has 2 heterocycles. The smallest absolute Gasteiger partial charge is 0.244 e. The van der Waals surface area contributed by atoms with Gasteiger partial charge in [-0.3, -0.25) is 9.48 Å². The minimum Gasteiger partial charge on any atom is -0.341 e. The highest BCUT2D eigenvalue weighted by Gasteiger charge is 2.33. The summed E-state index contributed by atoms with van der Waals surface area (Å²) in [7, 11) is 3.70. The summed E-state index contributed by atoms with van der Waals surface area (Å²) in [5, 5.41) is 7.29. The summed E-state index contributed by atoms with van der Waals surface area (Å²) < 4.78 is 1.73. The Labute approximate surface area is 127 Å². The maximum absolute atomic E-state index is 12.7.